The number of aliphatic carboxylic acids is 1. The van der Waals surface area contributed by atoms with E-state index in [2.05, 4.69) is 12.2 Å². The van der Waals surface area contributed by atoms with Crippen molar-refractivity contribution in [1.82, 2.24) is 10.2 Å². The number of carbonyl (C=O) groups is 2. The van der Waals surface area contributed by atoms with Crippen LogP contribution in [-0.4, -0.2) is 47.1 Å². The zero-order valence-corrected chi connectivity index (χ0v) is 16.0. The maximum atomic E-state index is 12.7. The van der Waals surface area contributed by atoms with E-state index in [0.717, 1.165) is 44.6 Å². The molecule has 1 amide bonds. The molecule has 5 nitrogen and oxygen atoms in total. The molecule has 0 aromatic rings. The van der Waals surface area contributed by atoms with Crippen LogP contribution in [0.15, 0.2) is 0 Å². The van der Waals surface area contributed by atoms with Gasteiger partial charge in [0.15, 0.2) is 0 Å². The van der Waals surface area contributed by atoms with E-state index >= 15 is 0 Å². The second-order valence-corrected chi connectivity index (χ2v) is 8.01. The van der Waals surface area contributed by atoms with Crippen LogP contribution >= 0.6 is 0 Å². The molecule has 2 aliphatic rings. The summed E-state index contributed by atoms with van der Waals surface area (Å²) in [5, 5.41) is 12.2. The van der Waals surface area contributed by atoms with Crippen molar-refractivity contribution in [2.24, 2.45) is 11.8 Å². The van der Waals surface area contributed by atoms with Crippen LogP contribution in [0.5, 0.6) is 0 Å². The lowest BCUT2D eigenvalue weighted by Crippen LogP contribution is -2.55. The molecule has 2 rings (SSSR count). The van der Waals surface area contributed by atoms with Crippen LogP contribution in [0.3, 0.4) is 0 Å². The first-order valence-corrected chi connectivity index (χ1v) is 10.3. The maximum absolute atomic E-state index is 12.7. The van der Waals surface area contributed by atoms with Gasteiger partial charge in [-0.25, -0.2) is 0 Å². The highest BCUT2D eigenvalue weighted by atomic mass is 16.4. The highest BCUT2D eigenvalue weighted by Crippen LogP contribution is 2.31. The molecule has 5 heteroatoms. The highest BCUT2D eigenvalue weighted by molar-refractivity contribution is 5.79. The van der Waals surface area contributed by atoms with Gasteiger partial charge in [-0.3, -0.25) is 14.5 Å². The van der Waals surface area contributed by atoms with Crippen molar-refractivity contribution in [1.29, 1.82) is 0 Å². The molecule has 1 unspecified atom stereocenters. The molecular weight excluding hydrogens is 316 g/mol. The lowest BCUT2D eigenvalue weighted by Gasteiger charge is -2.42. The largest absolute Gasteiger partial charge is 0.480 e. The number of rotatable bonds is 10. The van der Waals surface area contributed by atoms with Gasteiger partial charge in [-0.2, -0.15) is 0 Å². The Balaban J connectivity index is 1.76. The number of nitrogens with one attached hydrogen (secondary N) is 1. The van der Waals surface area contributed by atoms with Crippen molar-refractivity contribution in [3.8, 4) is 0 Å². The fourth-order valence-corrected chi connectivity index (χ4v) is 4.53. The summed E-state index contributed by atoms with van der Waals surface area (Å²) in [6, 6.07) is 0.528. The number of hydrogen-bond donors (Lipinski definition) is 2. The summed E-state index contributed by atoms with van der Waals surface area (Å²) in [6.45, 7) is 5.00. The van der Waals surface area contributed by atoms with Gasteiger partial charge in [0.1, 0.15) is 0 Å². The topological polar surface area (TPSA) is 69.6 Å². The van der Waals surface area contributed by atoms with Crippen LogP contribution in [0.1, 0.15) is 78.1 Å². The Morgan fingerprint density at radius 1 is 1.16 bits per heavy atom. The van der Waals surface area contributed by atoms with Crippen LogP contribution in [0.4, 0.5) is 0 Å². The average molecular weight is 353 g/mol. The van der Waals surface area contributed by atoms with Gasteiger partial charge >= 0.3 is 5.97 Å². The normalized spacial score (nSPS) is 25.4. The molecule has 0 aromatic heterocycles. The first-order valence-electron chi connectivity index (χ1n) is 10.3. The smallest absolute Gasteiger partial charge is 0.317 e. The van der Waals surface area contributed by atoms with E-state index in [4.69, 9.17) is 5.11 Å². The first-order chi connectivity index (χ1) is 12.0. The van der Waals surface area contributed by atoms with Crippen molar-refractivity contribution >= 4 is 11.9 Å². The molecule has 144 valence electrons. The molecule has 2 N–H and O–H groups in total. The van der Waals surface area contributed by atoms with Gasteiger partial charge in [-0.15, -0.1) is 0 Å². The highest BCUT2D eigenvalue weighted by Gasteiger charge is 2.36. The summed E-state index contributed by atoms with van der Waals surface area (Å²) in [5.41, 5.74) is 0. The van der Waals surface area contributed by atoms with Crippen molar-refractivity contribution in [2.75, 3.05) is 13.1 Å². The molecule has 0 spiro atoms. The summed E-state index contributed by atoms with van der Waals surface area (Å²) in [4.78, 5) is 25.6. The number of hydrogen-bond acceptors (Lipinski definition) is 3. The van der Waals surface area contributed by atoms with Crippen molar-refractivity contribution in [3.05, 3.63) is 0 Å². The number of carboxylic acids is 1. The third-order valence-electron chi connectivity index (χ3n) is 6.07. The van der Waals surface area contributed by atoms with E-state index < -0.39 is 5.97 Å². The van der Waals surface area contributed by atoms with Gasteiger partial charge in [0.25, 0.3) is 0 Å². The van der Waals surface area contributed by atoms with Crippen LogP contribution in [0, 0.1) is 11.8 Å². The van der Waals surface area contributed by atoms with Gasteiger partial charge in [0.2, 0.25) is 5.91 Å². The molecule has 2 fully saturated rings. The summed E-state index contributed by atoms with van der Waals surface area (Å²) >= 11 is 0. The fourth-order valence-electron chi connectivity index (χ4n) is 4.53. The molecule has 0 heterocycles. The Morgan fingerprint density at radius 3 is 2.40 bits per heavy atom. The molecule has 2 aliphatic carbocycles. The summed E-state index contributed by atoms with van der Waals surface area (Å²) in [7, 11) is 0. The van der Waals surface area contributed by atoms with Gasteiger partial charge in [-0.1, -0.05) is 52.4 Å². The van der Waals surface area contributed by atoms with Gasteiger partial charge < -0.3 is 10.4 Å². The number of nitrogens with zero attached hydrogens (tertiary/aromatic N) is 1. The molecule has 0 saturated heterocycles. The van der Waals surface area contributed by atoms with Crippen LogP contribution in [-0.2, 0) is 9.59 Å². The molecule has 2 saturated carbocycles. The van der Waals surface area contributed by atoms with Crippen LogP contribution in [0.2, 0.25) is 0 Å². The zero-order valence-electron chi connectivity index (χ0n) is 16.0. The monoisotopic (exact) mass is 352 g/mol. The Bertz CT molecular complexity index is 429. The molecule has 0 radical (unpaired) electrons. The fraction of sp³-hybridized carbons (Fsp3) is 0.900. The summed E-state index contributed by atoms with van der Waals surface area (Å²) in [6.07, 6.45) is 11.4. The standard InChI is InChI=1S/C20H36N2O3/c1-3-8-16(11-15-9-6-5-7-10-15)20(25)21-17-12-18(13-17)22(4-2)14-19(23)24/h15-18H,3-14H2,1-2H3,(H,21,25)(H,23,24). The molecule has 0 bridgehead atoms. The number of likely N-dealkylation sites (N-methyl/N-ethyl adjacent to an activating group) is 1. The summed E-state index contributed by atoms with van der Waals surface area (Å²) < 4.78 is 0. The molecule has 25 heavy (non-hydrogen) atoms. The molecule has 0 aliphatic heterocycles. The Hall–Kier alpha value is -1.10. The third-order valence-corrected chi connectivity index (χ3v) is 6.07. The van der Waals surface area contributed by atoms with E-state index in [0.29, 0.717) is 6.04 Å². The Labute approximate surface area is 152 Å². The zero-order chi connectivity index (χ0) is 18.2. The molecule has 1 atom stereocenters. The van der Waals surface area contributed by atoms with E-state index in [1.54, 1.807) is 0 Å². The van der Waals surface area contributed by atoms with Crippen molar-refractivity contribution in [2.45, 2.75) is 90.1 Å². The number of carboxylic acid groups (broad SMARTS) is 1. The maximum Gasteiger partial charge on any atom is 0.317 e. The van der Waals surface area contributed by atoms with E-state index in [1.165, 1.54) is 32.1 Å². The second kappa shape index (κ2) is 10.1. The second-order valence-electron chi connectivity index (χ2n) is 8.01. The third kappa shape index (κ3) is 6.28. The minimum absolute atomic E-state index is 0.0992. The predicted molar refractivity (Wildman–Crippen MR) is 99.4 cm³/mol. The van der Waals surface area contributed by atoms with Crippen LogP contribution < -0.4 is 5.32 Å². The minimum atomic E-state index is -0.773. The van der Waals surface area contributed by atoms with Crippen molar-refractivity contribution < 1.29 is 14.7 Å². The van der Waals surface area contributed by atoms with Gasteiger partial charge in [-0.05, 0) is 38.1 Å². The summed E-state index contributed by atoms with van der Waals surface area (Å²) in [5.74, 6) is 0.353. The quantitative estimate of drug-likeness (QED) is 0.632. The van der Waals surface area contributed by atoms with E-state index in [9.17, 15) is 9.59 Å². The average Bonchev–Trinajstić information content (AvgIpc) is 2.56. The Kier molecular flexibility index (Phi) is 8.20. The lowest BCUT2D eigenvalue weighted by molar-refractivity contribution is -0.140. The number of carbonyl (C=O) groups excluding carboxylic acids is 1. The van der Waals surface area contributed by atoms with Gasteiger partial charge in [0, 0.05) is 18.0 Å². The van der Waals surface area contributed by atoms with E-state index in [-0.39, 0.29) is 24.4 Å². The SMILES string of the molecule is CCCC(CC1CCCCC1)C(=O)NC1CC(N(CC)CC(=O)O)C1. The van der Waals surface area contributed by atoms with Crippen LogP contribution in [0.25, 0.3) is 0 Å². The molecular formula is C20H36N2O3. The lowest BCUT2D eigenvalue weighted by atomic mass is 9.80. The van der Waals surface area contributed by atoms with E-state index in [1.807, 2.05) is 11.8 Å². The molecule has 0 aromatic carbocycles. The minimum Gasteiger partial charge on any atom is -0.480 e. The first kappa shape index (κ1) is 20.2. The van der Waals surface area contributed by atoms with Crippen molar-refractivity contribution in [3.63, 3.8) is 0 Å². The number of amides is 1. The van der Waals surface area contributed by atoms with Gasteiger partial charge in [0.05, 0.1) is 6.54 Å². The Morgan fingerprint density at radius 2 is 1.84 bits per heavy atom. The predicted octanol–water partition coefficient (Wildman–Crippen LogP) is 3.43.